The summed E-state index contributed by atoms with van der Waals surface area (Å²) in [5.74, 6) is -0.245. The van der Waals surface area contributed by atoms with Gasteiger partial charge in [0.25, 0.3) is 10.0 Å². The van der Waals surface area contributed by atoms with Crippen LogP contribution in [0.3, 0.4) is 0 Å². The number of amides is 1. The number of carbonyl (C=O) groups is 1. The zero-order valence-corrected chi connectivity index (χ0v) is 12.6. The van der Waals surface area contributed by atoms with E-state index in [1.54, 1.807) is 18.2 Å². The standard InChI is InChI=1S/C13H12ClN3O3S/c1-9(18)16-10-4-2-5-11(8-10)17-21(19,20)12-6-3-7-15-13(12)14/h2-8,17H,1H3,(H,16,18). The lowest BCUT2D eigenvalue weighted by molar-refractivity contribution is -0.114. The molecular formula is C13H12ClN3O3S. The van der Waals surface area contributed by atoms with Crippen molar-refractivity contribution in [3.05, 3.63) is 47.7 Å². The van der Waals surface area contributed by atoms with Crippen molar-refractivity contribution < 1.29 is 13.2 Å². The van der Waals surface area contributed by atoms with Gasteiger partial charge in [0.05, 0.1) is 5.69 Å². The summed E-state index contributed by atoms with van der Waals surface area (Å²) < 4.78 is 26.9. The molecule has 1 aromatic heterocycles. The van der Waals surface area contributed by atoms with Crippen LogP contribution in [-0.4, -0.2) is 19.3 Å². The first-order chi connectivity index (χ1) is 9.88. The van der Waals surface area contributed by atoms with Gasteiger partial charge in [0.15, 0.2) is 0 Å². The molecule has 0 radical (unpaired) electrons. The molecule has 2 rings (SSSR count). The van der Waals surface area contributed by atoms with Gasteiger partial charge in [0.2, 0.25) is 5.91 Å². The molecule has 21 heavy (non-hydrogen) atoms. The molecule has 0 atom stereocenters. The number of anilines is 2. The fourth-order valence-corrected chi connectivity index (χ4v) is 3.15. The summed E-state index contributed by atoms with van der Waals surface area (Å²) in [5, 5.41) is 2.46. The van der Waals surface area contributed by atoms with Gasteiger partial charge in [-0.15, -0.1) is 0 Å². The lowest BCUT2D eigenvalue weighted by Crippen LogP contribution is -2.14. The highest BCUT2D eigenvalue weighted by atomic mass is 35.5. The van der Waals surface area contributed by atoms with E-state index in [4.69, 9.17) is 11.6 Å². The van der Waals surface area contributed by atoms with Crippen LogP contribution in [0.1, 0.15) is 6.92 Å². The number of nitrogens with zero attached hydrogens (tertiary/aromatic N) is 1. The Morgan fingerprint density at radius 3 is 2.57 bits per heavy atom. The third-order valence-corrected chi connectivity index (χ3v) is 4.28. The highest BCUT2D eigenvalue weighted by Crippen LogP contribution is 2.23. The Morgan fingerprint density at radius 2 is 1.90 bits per heavy atom. The second-order valence-corrected chi connectivity index (χ2v) is 6.17. The number of rotatable bonds is 4. The van der Waals surface area contributed by atoms with E-state index >= 15 is 0 Å². The lowest BCUT2D eigenvalue weighted by Gasteiger charge is -2.10. The number of carbonyl (C=O) groups excluding carboxylic acids is 1. The monoisotopic (exact) mass is 325 g/mol. The second kappa shape index (κ2) is 6.11. The zero-order chi connectivity index (χ0) is 15.5. The highest BCUT2D eigenvalue weighted by Gasteiger charge is 2.18. The molecule has 1 aromatic carbocycles. The topological polar surface area (TPSA) is 88.2 Å². The largest absolute Gasteiger partial charge is 0.326 e. The Balaban J connectivity index is 2.29. The van der Waals surface area contributed by atoms with Gasteiger partial charge in [-0.3, -0.25) is 9.52 Å². The Kier molecular flexibility index (Phi) is 4.44. The van der Waals surface area contributed by atoms with Crippen LogP contribution in [0.4, 0.5) is 11.4 Å². The summed E-state index contributed by atoms with van der Waals surface area (Å²) in [6.07, 6.45) is 1.40. The summed E-state index contributed by atoms with van der Waals surface area (Å²) in [4.78, 5) is 14.6. The van der Waals surface area contributed by atoms with Crippen molar-refractivity contribution in [3.8, 4) is 0 Å². The van der Waals surface area contributed by atoms with E-state index in [9.17, 15) is 13.2 Å². The van der Waals surface area contributed by atoms with Gasteiger partial charge in [0, 0.05) is 18.8 Å². The minimum Gasteiger partial charge on any atom is -0.326 e. The predicted octanol–water partition coefficient (Wildman–Crippen LogP) is 2.49. The zero-order valence-electron chi connectivity index (χ0n) is 11.0. The van der Waals surface area contributed by atoms with E-state index in [0.717, 1.165) is 0 Å². The summed E-state index contributed by atoms with van der Waals surface area (Å²) in [7, 11) is -3.85. The molecule has 0 unspecified atom stereocenters. The smallest absolute Gasteiger partial charge is 0.264 e. The van der Waals surface area contributed by atoms with Crippen molar-refractivity contribution in [3.63, 3.8) is 0 Å². The molecule has 0 aliphatic heterocycles. The Hall–Kier alpha value is -2.12. The van der Waals surface area contributed by atoms with Crippen LogP contribution in [-0.2, 0) is 14.8 Å². The molecule has 0 saturated heterocycles. The molecule has 0 bridgehead atoms. The van der Waals surface area contributed by atoms with Crippen molar-refractivity contribution in [2.75, 3.05) is 10.0 Å². The average molecular weight is 326 g/mol. The third kappa shape index (κ3) is 3.93. The number of hydrogen-bond acceptors (Lipinski definition) is 4. The van der Waals surface area contributed by atoms with E-state index < -0.39 is 10.0 Å². The van der Waals surface area contributed by atoms with E-state index in [2.05, 4.69) is 15.0 Å². The average Bonchev–Trinajstić information content (AvgIpc) is 2.38. The van der Waals surface area contributed by atoms with Crippen molar-refractivity contribution >= 4 is 38.9 Å². The first-order valence-electron chi connectivity index (χ1n) is 5.89. The van der Waals surface area contributed by atoms with Crippen LogP contribution < -0.4 is 10.0 Å². The molecule has 0 saturated carbocycles. The number of halogens is 1. The predicted molar refractivity (Wildman–Crippen MR) is 80.8 cm³/mol. The first kappa shape index (κ1) is 15.3. The number of hydrogen-bond donors (Lipinski definition) is 2. The van der Waals surface area contributed by atoms with Gasteiger partial charge >= 0.3 is 0 Å². The summed E-state index contributed by atoms with van der Waals surface area (Å²) >= 11 is 5.79. The fourth-order valence-electron chi connectivity index (χ4n) is 1.65. The number of sulfonamides is 1. The number of benzene rings is 1. The summed E-state index contributed by atoms with van der Waals surface area (Å²) in [6.45, 7) is 1.37. The van der Waals surface area contributed by atoms with Crippen LogP contribution in [0.25, 0.3) is 0 Å². The van der Waals surface area contributed by atoms with Crippen molar-refractivity contribution in [1.29, 1.82) is 0 Å². The Morgan fingerprint density at radius 1 is 1.19 bits per heavy atom. The van der Waals surface area contributed by atoms with Gasteiger partial charge in [-0.25, -0.2) is 13.4 Å². The van der Waals surface area contributed by atoms with Crippen LogP contribution in [0.2, 0.25) is 5.15 Å². The minimum absolute atomic E-state index is 0.108. The van der Waals surface area contributed by atoms with E-state index in [1.807, 2.05) is 0 Å². The maximum atomic E-state index is 12.2. The van der Waals surface area contributed by atoms with E-state index in [1.165, 1.54) is 31.3 Å². The van der Waals surface area contributed by atoms with Gasteiger partial charge < -0.3 is 5.32 Å². The van der Waals surface area contributed by atoms with Crippen LogP contribution >= 0.6 is 11.6 Å². The van der Waals surface area contributed by atoms with Gasteiger partial charge in [-0.2, -0.15) is 0 Å². The molecule has 8 heteroatoms. The third-order valence-electron chi connectivity index (χ3n) is 2.45. The lowest BCUT2D eigenvalue weighted by atomic mass is 10.3. The number of nitrogens with one attached hydrogen (secondary N) is 2. The number of pyridine rings is 1. The molecule has 2 N–H and O–H groups in total. The molecule has 0 aliphatic rings. The molecule has 0 spiro atoms. The highest BCUT2D eigenvalue weighted by molar-refractivity contribution is 7.92. The van der Waals surface area contributed by atoms with Crippen LogP contribution in [0, 0.1) is 0 Å². The van der Waals surface area contributed by atoms with Crippen molar-refractivity contribution in [2.24, 2.45) is 0 Å². The minimum atomic E-state index is -3.85. The SMILES string of the molecule is CC(=O)Nc1cccc(NS(=O)(=O)c2cccnc2Cl)c1. The molecule has 0 aliphatic carbocycles. The Labute approximate surface area is 127 Å². The number of aromatic nitrogens is 1. The second-order valence-electron chi connectivity index (χ2n) is 4.16. The quantitative estimate of drug-likeness (QED) is 0.845. The summed E-state index contributed by atoms with van der Waals surface area (Å²) in [5.41, 5.74) is 0.793. The maximum Gasteiger partial charge on any atom is 0.264 e. The maximum absolute atomic E-state index is 12.2. The van der Waals surface area contributed by atoms with E-state index in [-0.39, 0.29) is 16.0 Å². The van der Waals surface area contributed by atoms with Gasteiger partial charge in [-0.1, -0.05) is 17.7 Å². The molecular weight excluding hydrogens is 314 g/mol. The van der Waals surface area contributed by atoms with Crippen LogP contribution in [0.5, 0.6) is 0 Å². The van der Waals surface area contributed by atoms with Crippen LogP contribution in [0.15, 0.2) is 47.5 Å². The molecule has 6 nitrogen and oxygen atoms in total. The molecule has 1 amide bonds. The van der Waals surface area contributed by atoms with E-state index in [0.29, 0.717) is 11.4 Å². The van der Waals surface area contributed by atoms with Gasteiger partial charge in [0.1, 0.15) is 10.0 Å². The molecule has 0 fully saturated rings. The van der Waals surface area contributed by atoms with Crippen molar-refractivity contribution in [1.82, 2.24) is 4.98 Å². The summed E-state index contributed by atoms with van der Waals surface area (Å²) in [6, 6.07) is 9.17. The van der Waals surface area contributed by atoms with Crippen molar-refractivity contribution in [2.45, 2.75) is 11.8 Å². The van der Waals surface area contributed by atoms with Gasteiger partial charge in [-0.05, 0) is 30.3 Å². The molecule has 2 aromatic rings. The Bertz CT molecular complexity index is 778. The molecule has 110 valence electrons. The molecule has 1 heterocycles. The fraction of sp³-hybridized carbons (Fsp3) is 0.0769. The first-order valence-corrected chi connectivity index (χ1v) is 7.75. The normalized spacial score (nSPS) is 11.0.